The lowest BCUT2D eigenvalue weighted by Gasteiger charge is -2.28. The van der Waals surface area contributed by atoms with E-state index in [9.17, 15) is 19.5 Å². The van der Waals surface area contributed by atoms with Gasteiger partial charge in [-0.1, -0.05) is 41.9 Å². The van der Waals surface area contributed by atoms with E-state index in [0.717, 1.165) is 5.56 Å². The van der Waals surface area contributed by atoms with Crippen molar-refractivity contribution >= 4 is 29.5 Å². The van der Waals surface area contributed by atoms with E-state index >= 15 is 0 Å². The van der Waals surface area contributed by atoms with Crippen molar-refractivity contribution in [1.29, 1.82) is 0 Å². The van der Waals surface area contributed by atoms with Crippen LogP contribution < -0.4 is 10.6 Å². The Morgan fingerprint density at radius 3 is 2.51 bits per heavy atom. The second kappa shape index (κ2) is 11.0. The van der Waals surface area contributed by atoms with Crippen LogP contribution in [0.5, 0.6) is 5.75 Å². The molecule has 1 heterocycles. The summed E-state index contributed by atoms with van der Waals surface area (Å²) in [5.41, 5.74) is 0.785. The van der Waals surface area contributed by atoms with Crippen molar-refractivity contribution in [3.8, 4) is 5.75 Å². The van der Waals surface area contributed by atoms with Gasteiger partial charge in [0, 0.05) is 29.6 Å². The summed E-state index contributed by atoms with van der Waals surface area (Å²) in [6.07, 6.45) is -0.149. The number of nitrogens with zero attached hydrogens (tertiary/aromatic N) is 1. The molecule has 8 nitrogen and oxygen atoms in total. The summed E-state index contributed by atoms with van der Waals surface area (Å²) in [7, 11) is 0. The van der Waals surface area contributed by atoms with Gasteiger partial charge >= 0.3 is 6.09 Å². The summed E-state index contributed by atoms with van der Waals surface area (Å²) in [6, 6.07) is 12.6. The van der Waals surface area contributed by atoms with Crippen LogP contribution in [0.2, 0.25) is 5.02 Å². The van der Waals surface area contributed by atoms with E-state index in [1.807, 2.05) is 30.3 Å². The fourth-order valence-electron chi connectivity index (χ4n) is 3.98. The number of halogens is 1. The van der Waals surface area contributed by atoms with Gasteiger partial charge < -0.3 is 20.5 Å². The number of phenols is 1. The first-order chi connectivity index (χ1) is 16.4. The van der Waals surface area contributed by atoms with Crippen LogP contribution in [0.15, 0.2) is 48.5 Å². The predicted molar refractivity (Wildman–Crippen MR) is 133 cm³/mol. The minimum absolute atomic E-state index is 0.0114. The van der Waals surface area contributed by atoms with Crippen LogP contribution in [0.1, 0.15) is 51.2 Å². The highest BCUT2D eigenvalue weighted by atomic mass is 35.5. The number of rotatable bonds is 6. The predicted octanol–water partition coefficient (Wildman–Crippen LogP) is 3.96. The van der Waals surface area contributed by atoms with Crippen molar-refractivity contribution in [1.82, 2.24) is 15.5 Å². The Kier molecular flexibility index (Phi) is 8.27. The molecule has 9 heteroatoms. The maximum Gasteiger partial charge on any atom is 0.410 e. The average Bonchev–Trinajstić information content (AvgIpc) is 3.25. The minimum atomic E-state index is -0.861. The third-order valence-electron chi connectivity index (χ3n) is 5.75. The number of aromatic hydroxyl groups is 1. The maximum atomic E-state index is 13.2. The van der Waals surface area contributed by atoms with Crippen LogP contribution in [-0.4, -0.2) is 52.1 Å². The molecule has 0 saturated carbocycles. The molecule has 1 saturated heterocycles. The van der Waals surface area contributed by atoms with E-state index in [0.29, 0.717) is 23.6 Å². The minimum Gasteiger partial charge on any atom is -0.508 e. The third-order valence-corrected chi connectivity index (χ3v) is 5.98. The van der Waals surface area contributed by atoms with E-state index in [2.05, 4.69) is 10.6 Å². The van der Waals surface area contributed by atoms with Gasteiger partial charge in [0.25, 0.3) is 0 Å². The van der Waals surface area contributed by atoms with Gasteiger partial charge in [-0.3, -0.25) is 14.5 Å². The highest BCUT2D eigenvalue weighted by molar-refractivity contribution is 6.30. The Balaban J connectivity index is 1.67. The maximum absolute atomic E-state index is 13.2. The number of amides is 3. The zero-order chi connectivity index (χ0) is 25.8. The molecule has 3 amide bonds. The summed E-state index contributed by atoms with van der Waals surface area (Å²) in [5.74, 6) is -0.881. The second-order valence-electron chi connectivity index (χ2n) is 9.71. The summed E-state index contributed by atoms with van der Waals surface area (Å²) in [5, 5.41) is 15.8. The van der Waals surface area contributed by atoms with Crippen LogP contribution in [0.4, 0.5) is 4.79 Å². The van der Waals surface area contributed by atoms with Gasteiger partial charge in [0.1, 0.15) is 23.4 Å². The summed E-state index contributed by atoms with van der Waals surface area (Å²) in [4.78, 5) is 40.1. The van der Waals surface area contributed by atoms with Crippen LogP contribution >= 0.6 is 11.6 Å². The smallest absolute Gasteiger partial charge is 0.410 e. The summed E-state index contributed by atoms with van der Waals surface area (Å²) < 4.78 is 5.54. The third kappa shape index (κ3) is 7.11. The van der Waals surface area contributed by atoms with Gasteiger partial charge in [-0.25, -0.2) is 4.79 Å². The number of hydrogen-bond donors (Lipinski definition) is 3. The van der Waals surface area contributed by atoms with E-state index in [1.165, 1.54) is 11.0 Å². The van der Waals surface area contributed by atoms with Crippen LogP contribution in [0, 0.1) is 0 Å². The number of ether oxygens (including phenoxy) is 1. The normalized spacial score (nSPS) is 18.6. The molecule has 3 atom stereocenters. The largest absolute Gasteiger partial charge is 0.508 e. The number of phenolic OH excluding ortho intramolecular Hbond substituents is 1. The Hall–Kier alpha value is -3.26. The topological polar surface area (TPSA) is 108 Å². The van der Waals surface area contributed by atoms with Crippen LogP contribution in [0.25, 0.3) is 0 Å². The van der Waals surface area contributed by atoms with Crippen molar-refractivity contribution in [2.45, 2.75) is 64.3 Å². The zero-order valence-electron chi connectivity index (χ0n) is 20.4. The van der Waals surface area contributed by atoms with Crippen molar-refractivity contribution < 1.29 is 24.2 Å². The lowest BCUT2D eigenvalue weighted by atomic mass is 9.96. The van der Waals surface area contributed by atoms with Crippen molar-refractivity contribution in [2.24, 2.45) is 0 Å². The zero-order valence-corrected chi connectivity index (χ0v) is 21.1. The molecule has 2 aromatic carbocycles. The lowest BCUT2D eigenvalue weighted by molar-refractivity contribution is -0.131. The molecule has 0 aromatic heterocycles. The number of nitrogens with one attached hydrogen (secondary N) is 2. The molecule has 3 rings (SSSR count). The van der Waals surface area contributed by atoms with Crippen molar-refractivity contribution in [3.05, 3.63) is 64.7 Å². The number of benzene rings is 2. The monoisotopic (exact) mass is 501 g/mol. The van der Waals surface area contributed by atoms with E-state index < -0.39 is 35.6 Å². The van der Waals surface area contributed by atoms with Crippen LogP contribution in [-0.2, 0) is 20.9 Å². The molecule has 2 aromatic rings. The van der Waals surface area contributed by atoms with Gasteiger partial charge in [0.05, 0.1) is 0 Å². The average molecular weight is 502 g/mol. The van der Waals surface area contributed by atoms with E-state index in [1.54, 1.807) is 39.8 Å². The van der Waals surface area contributed by atoms with Gasteiger partial charge in [0.15, 0.2) is 0 Å². The molecule has 0 radical (unpaired) electrons. The fourth-order valence-corrected chi connectivity index (χ4v) is 4.17. The molecular weight excluding hydrogens is 470 g/mol. The van der Waals surface area contributed by atoms with Crippen molar-refractivity contribution in [3.63, 3.8) is 0 Å². The van der Waals surface area contributed by atoms with Gasteiger partial charge in [0.2, 0.25) is 11.8 Å². The molecule has 0 spiro atoms. The van der Waals surface area contributed by atoms with Crippen LogP contribution in [0.3, 0.4) is 0 Å². The Labute approximate surface area is 210 Å². The van der Waals surface area contributed by atoms with Gasteiger partial charge in [-0.15, -0.1) is 0 Å². The number of carbonyl (C=O) groups is 3. The molecule has 0 aliphatic carbocycles. The highest BCUT2D eigenvalue weighted by Gasteiger charge is 2.42. The summed E-state index contributed by atoms with van der Waals surface area (Å²) >= 11 is 5.95. The fraction of sp³-hybridized carbons (Fsp3) is 0.423. The molecule has 1 fully saturated rings. The number of carbonyl (C=O) groups excluding carboxylic acids is 3. The molecule has 188 valence electrons. The first kappa shape index (κ1) is 26.3. The first-order valence-electron chi connectivity index (χ1n) is 11.5. The second-order valence-corrected chi connectivity index (χ2v) is 10.1. The quantitative estimate of drug-likeness (QED) is 0.555. The van der Waals surface area contributed by atoms with Crippen molar-refractivity contribution in [2.75, 3.05) is 6.54 Å². The molecule has 1 aliphatic heterocycles. The van der Waals surface area contributed by atoms with E-state index in [4.69, 9.17) is 16.3 Å². The molecule has 3 N–H and O–H groups in total. The molecule has 3 unspecified atom stereocenters. The first-order valence-corrected chi connectivity index (χ1v) is 11.9. The highest BCUT2D eigenvalue weighted by Crippen LogP contribution is 2.33. The Morgan fingerprint density at radius 1 is 1.17 bits per heavy atom. The Bertz CT molecular complexity index is 1070. The molecule has 35 heavy (non-hydrogen) atoms. The lowest BCUT2D eigenvalue weighted by Crippen LogP contribution is -2.52. The van der Waals surface area contributed by atoms with E-state index in [-0.39, 0.29) is 18.2 Å². The summed E-state index contributed by atoms with van der Waals surface area (Å²) in [6.45, 7) is 7.27. The number of likely N-dealkylation sites (tertiary alicyclic amines) is 1. The molecule has 0 bridgehead atoms. The van der Waals surface area contributed by atoms with Gasteiger partial charge in [-0.2, -0.15) is 0 Å². The molecule has 1 aliphatic rings. The van der Waals surface area contributed by atoms with Gasteiger partial charge in [-0.05, 0) is 57.9 Å². The standard InChI is InChI=1S/C26H32ClN3O5/c1-16(23(32)28-14-18-12-20(27)10-11-22(18)31)29-24(33)21-13-19(17-8-6-5-7-9-17)15-30(21)25(34)35-26(2,3)4/h5-12,16,19,21,31H,13-15H2,1-4H3,(H,28,32)(H,29,33). The Morgan fingerprint density at radius 2 is 1.86 bits per heavy atom. The molecular formula is C26H32ClN3O5. The number of hydrogen-bond acceptors (Lipinski definition) is 5. The SMILES string of the molecule is CC(NC(=O)C1CC(c2ccccc2)CN1C(=O)OC(C)(C)C)C(=O)NCc1cc(Cl)ccc1O.